The first kappa shape index (κ1) is 16.9. The number of aryl methyl sites for hydroxylation is 1. The summed E-state index contributed by atoms with van der Waals surface area (Å²) in [6.45, 7) is 9.10. The van der Waals surface area contributed by atoms with Gasteiger partial charge in [-0.2, -0.15) is 5.10 Å². The highest BCUT2D eigenvalue weighted by Gasteiger charge is 2.30. The Kier molecular flexibility index (Phi) is 4.34. The third kappa shape index (κ3) is 3.59. The zero-order chi connectivity index (χ0) is 17.5. The number of rotatable bonds is 4. The monoisotopic (exact) mass is 329 g/mol. The summed E-state index contributed by atoms with van der Waals surface area (Å²) in [7, 11) is 2.03. The minimum absolute atomic E-state index is 0.0387. The van der Waals surface area contributed by atoms with Gasteiger partial charge in [-0.25, -0.2) is 9.97 Å². The van der Waals surface area contributed by atoms with E-state index < -0.39 is 0 Å². The van der Waals surface area contributed by atoms with E-state index in [0.29, 0.717) is 12.5 Å². The predicted molar refractivity (Wildman–Crippen MR) is 94.1 cm³/mol. The maximum absolute atomic E-state index is 9.53. The van der Waals surface area contributed by atoms with Crippen LogP contribution in [0.15, 0.2) is 12.1 Å². The SMILES string of the molecule is Cc1nc(C2CC(O)C2)cc(N(C)Cc2cc(C(C)(C)C)n[nH]2)n1. The van der Waals surface area contributed by atoms with Crippen LogP contribution in [0.5, 0.6) is 0 Å². The molecule has 6 nitrogen and oxygen atoms in total. The Labute approximate surface area is 143 Å². The molecule has 0 atom stereocenters. The average molecular weight is 329 g/mol. The fourth-order valence-electron chi connectivity index (χ4n) is 2.97. The van der Waals surface area contributed by atoms with E-state index >= 15 is 0 Å². The quantitative estimate of drug-likeness (QED) is 0.902. The standard InChI is InChI=1S/C18H27N5O/c1-11-19-15(12-6-14(24)7-12)9-17(20-11)23(5)10-13-8-16(22-21-13)18(2,3)4/h8-9,12,14,24H,6-7,10H2,1-5H3,(H,21,22). The van der Waals surface area contributed by atoms with Crippen molar-refractivity contribution in [3.63, 3.8) is 0 Å². The lowest BCUT2D eigenvalue weighted by atomic mass is 9.80. The van der Waals surface area contributed by atoms with Gasteiger partial charge in [0, 0.05) is 30.1 Å². The summed E-state index contributed by atoms with van der Waals surface area (Å²) in [6.07, 6.45) is 1.43. The number of aromatic amines is 1. The highest BCUT2D eigenvalue weighted by molar-refractivity contribution is 5.41. The van der Waals surface area contributed by atoms with Gasteiger partial charge in [-0.05, 0) is 25.8 Å². The number of aliphatic hydroxyl groups is 1. The second-order valence-corrected chi connectivity index (χ2v) is 7.90. The molecule has 0 spiro atoms. The van der Waals surface area contributed by atoms with Crippen LogP contribution < -0.4 is 4.90 Å². The maximum atomic E-state index is 9.53. The van der Waals surface area contributed by atoms with Crippen LogP contribution in [0.3, 0.4) is 0 Å². The molecule has 1 aliphatic rings. The molecule has 0 bridgehead atoms. The molecule has 0 unspecified atom stereocenters. The van der Waals surface area contributed by atoms with Crippen LogP contribution in [-0.4, -0.2) is 38.4 Å². The van der Waals surface area contributed by atoms with Crippen molar-refractivity contribution >= 4 is 5.82 Å². The third-order valence-corrected chi connectivity index (χ3v) is 4.57. The van der Waals surface area contributed by atoms with E-state index in [1.165, 1.54) is 0 Å². The number of H-pyrrole nitrogens is 1. The second-order valence-electron chi connectivity index (χ2n) is 7.90. The van der Waals surface area contributed by atoms with Gasteiger partial charge in [-0.15, -0.1) is 0 Å². The van der Waals surface area contributed by atoms with Gasteiger partial charge in [0.2, 0.25) is 0 Å². The van der Waals surface area contributed by atoms with Crippen molar-refractivity contribution in [2.45, 2.75) is 64.5 Å². The van der Waals surface area contributed by atoms with Crippen molar-refractivity contribution < 1.29 is 5.11 Å². The molecule has 6 heteroatoms. The van der Waals surface area contributed by atoms with Crippen LogP contribution in [0.2, 0.25) is 0 Å². The van der Waals surface area contributed by atoms with Gasteiger partial charge in [-0.1, -0.05) is 20.8 Å². The molecule has 1 aliphatic carbocycles. The smallest absolute Gasteiger partial charge is 0.132 e. The van der Waals surface area contributed by atoms with Crippen LogP contribution in [-0.2, 0) is 12.0 Å². The topological polar surface area (TPSA) is 77.9 Å². The number of nitrogens with zero attached hydrogens (tertiary/aromatic N) is 4. The van der Waals surface area contributed by atoms with Gasteiger partial charge in [0.05, 0.1) is 24.0 Å². The number of anilines is 1. The molecule has 2 aromatic heterocycles. The summed E-state index contributed by atoms with van der Waals surface area (Å²) in [5.41, 5.74) is 3.21. The van der Waals surface area contributed by atoms with Crippen molar-refractivity contribution in [3.05, 3.63) is 35.0 Å². The number of hydrogen-bond acceptors (Lipinski definition) is 5. The second kappa shape index (κ2) is 6.16. The molecule has 0 saturated heterocycles. The Hall–Kier alpha value is -1.95. The molecule has 3 rings (SSSR count). The van der Waals surface area contributed by atoms with Crippen LogP contribution in [0.25, 0.3) is 0 Å². The van der Waals surface area contributed by atoms with Crippen LogP contribution in [0.4, 0.5) is 5.82 Å². The van der Waals surface area contributed by atoms with E-state index in [4.69, 9.17) is 0 Å². The van der Waals surface area contributed by atoms with Crippen molar-refractivity contribution in [1.82, 2.24) is 20.2 Å². The number of aromatic nitrogens is 4. The first-order chi connectivity index (χ1) is 11.2. The average Bonchev–Trinajstić information content (AvgIpc) is 2.91. The largest absolute Gasteiger partial charge is 0.393 e. The lowest BCUT2D eigenvalue weighted by molar-refractivity contribution is 0.0731. The van der Waals surface area contributed by atoms with Crippen molar-refractivity contribution in [3.8, 4) is 0 Å². The summed E-state index contributed by atoms with van der Waals surface area (Å²) < 4.78 is 0. The number of nitrogens with one attached hydrogen (secondary N) is 1. The molecule has 130 valence electrons. The lowest BCUT2D eigenvalue weighted by Crippen LogP contribution is -2.28. The van der Waals surface area contributed by atoms with E-state index in [-0.39, 0.29) is 11.5 Å². The first-order valence-corrected chi connectivity index (χ1v) is 8.52. The molecule has 2 N–H and O–H groups in total. The number of hydrogen-bond donors (Lipinski definition) is 2. The zero-order valence-electron chi connectivity index (χ0n) is 15.2. The highest BCUT2D eigenvalue weighted by Crippen LogP contribution is 2.36. The summed E-state index contributed by atoms with van der Waals surface area (Å²) >= 11 is 0. The summed E-state index contributed by atoms with van der Waals surface area (Å²) in [5.74, 6) is 2.04. The van der Waals surface area contributed by atoms with Gasteiger partial charge in [0.1, 0.15) is 11.6 Å². The van der Waals surface area contributed by atoms with Crippen LogP contribution in [0, 0.1) is 6.92 Å². The molecule has 0 aromatic carbocycles. The molecule has 1 fully saturated rings. The van der Waals surface area contributed by atoms with Crippen molar-refractivity contribution in [2.75, 3.05) is 11.9 Å². The molecular weight excluding hydrogens is 302 g/mol. The molecule has 0 amide bonds. The van der Waals surface area contributed by atoms with Crippen LogP contribution >= 0.6 is 0 Å². The Morgan fingerprint density at radius 2 is 1.96 bits per heavy atom. The number of aliphatic hydroxyl groups excluding tert-OH is 1. The Morgan fingerprint density at radius 1 is 1.25 bits per heavy atom. The fourth-order valence-corrected chi connectivity index (χ4v) is 2.97. The minimum Gasteiger partial charge on any atom is -0.393 e. The van der Waals surface area contributed by atoms with E-state index in [1.54, 1.807) is 0 Å². The van der Waals surface area contributed by atoms with Gasteiger partial charge >= 0.3 is 0 Å². The molecule has 2 heterocycles. The molecule has 0 radical (unpaired) electrons. The summed E-state index contributed by atoms with van der Waals surface area (Å²) in [4.78, 5) is 11.2. The van der Waals surface area contributed by atoms with E-state index in [1.807, 2.05) is 20.0 Å². The highest BCUT2D eigenvalue weighted by atomic mass is 16.3. The Morgan fingerprint density at radius 3 is 2.54 bits per heavy atom. The third-order valence-electron chi connectivity index (χ3n) is 4.57. The lowest BCUT2D eigenvalue weighted by Gasteiger charge is -2.31. The van der Waals surface area contributed by atoms with E-state index in [2.05, 4.69) is 51.9 Å². The van der Waals surface area contributed by atoms with Crippen LogP contribution in [0.1, 0.15) is 62.4 Å². The maximum Gasteiger partial charge on any atom is 0.132 e. The minimum atomic E-state index is -0.174. The Bertz CT molecular complexity index is 712. The first-order valence-electron chi connectivity index (χ1n) is 8.52. The summed E-state index contributed by atoms with van der Waals surface area (Å²) in [6, 6.07) is 4.17. The molecule has 1 saturated carbocycles. The molecular formula is C18H27N5O. The normalized spacial score (nSPS) is 20.8. The van der Waals surface area contributed by atoms with Gasteiger partial charge in [0.25, 0.3) is 0 Å². The molecule has 24 heavy (non-hydrogen) atoms. The fraction of sp³-hybridized carbons (Fsp3) is 0.611. The van der Waals surface area contributed by atoms with Gasteiger partial charge in [0.15, 0.2) is 0 Å². The zero-order valence-corrected chi connectivity index (χ0v) is 15.2. The predicted octanol–water partition coefficient (Wildman–Crippen LogP) is 2.68. The van der Waals surface area contributed by atoms with Gasteiger partial charge in [-0.3, -0.25) is 5.10 Å². The molecule has 0 aliphatic heterocycles. The molecule has 2 aromatic rings. The van der Waals surface area contributed by atoms with E-state index in [0.717, 1.165) is 41.6 Å². The van der Waals surface area contributed by atoms with Crippen molar-refractivity contribution in [2.24, 2.45) is 0 Å². The van der Waals surface area contributed by atoms with E-state index in [9.17, 15) is 5.11 Å². The summed E-state index contributed by atoms with van der Waals surface area (Å²) in [5, 5.41) is 17.1. The van der Waals surface area contributed by atoms with Crippen molar-refractivity contribution in [1.29, 1.82) is 0 Å². The Balaban J connectivity index is 1.75. The van der Waals surface area contributed by atoms with Gasteiger partial charge < -0.3 is 10.0 Å².